The first-order valence-corrected chi connectivity index (χ1v) is 10.8. The number of nitrogens with zero attached hydrogens (tertiary/aromatic N) is 1. The minimum Gasteiger partial charge on any atom is -0.452 e. The molecule has 0 radical (unpaired) electrons. The minimum atomic E-state index is -3.36. The van der Waals surface area contributed by atoms with Gasteiger partial charge in [0.05, 0.1) is 11.8 Å². The molecule has 1 unspecified atom stereocenters. The van der Waals surface area contributed by atoms with Gasteiger partial charge in [0.15, 0.2) is 16.4 Å². The van der Waals surface area contributed by atoms with E-state index in [0.29, 0.717) is 10.7 Å². The second-order valence-corrected chi connectivity index (χ2v) is 8.68. The molecule has 0 N–H and O–H groups in total. The summed E-state index contributed by atoms with van der Waals surface area (Å²) in [7, 11) is -3.36. The summed E-state index contributed by atoms with van der Waals surface area (Å²) in [6.07, 6.45) is 4.22. The summed E-state index contributed by atoms with van der Waals surface area (Å²) in [6, 6.07) is 14.9. The van der Waals surface area contributed by atoms with E-state index in [4.69, 9.17) is 16.3 Å². The number of halogens is 1. The molecular formula is C21H18ClNO5S. The maximum Gasteiger partial charge on any atom is 0.331 e. The molecule has 0 spiro atoms. The highest BCUT2D eigenvalue weighted by atomic mass is 35.5. The number of hydrogen-bond acceptors (Lipinski definition) is 5. The predicted octanol–water partition coefficient (Wildman–Crippen LogP) is 3.24. The van der Waals surface area contributed by atoms with E-state index in [1.54, 1.807) is 60.7 Å². The molecule has 0 aliphatic carbocycles. The normalized spacial score (nSPS) is 17.3. The van der Waals surface area contributed by atoms with Crippen molar-refractivity contribution < 1.29 is 22.7 Å². The van der Waals surface area contributed by atoms with E-state index in [2.05, 4.69) is 0 Å². The molecular weight excluding hydrogens is 414 g/mol. The molecule has 0 aromatic heterocycles. The first kappa shape index (κ1) is 20.8. The van der Waals surface area contributed by atoms with E-state index in [0.717, 1.165) is 11.0 Å². The van der Waals surface area contributed by atoms with E-state index in [9.17, 15) is 18.0 Å². The number of amides is 1. The molecule has 0 bridgehead atoms. The maximum absolute atomic E-state index is 12.7. The van der Waals surface area contributed by atoms with E-state index in [1.807, 2.05) is 0 Å². The number of ether oxygens (including phenoxy) is 1. The number of esters is 1. The van der Waals surface area contributed by atoms with Gasteiger partial charge in [0.1, 0.15) is 0 Å². The molecule has 1 amide bonds. The first-order valence-electron chi connectivity index (χ1n) is 8.72. The van der Waals surface area contributed by atoms with Crippen LogP contribution in [0, 0.1) is 0 Å². The summed E-state index contributed by atoms with van der Waals surface area (Å²) in [6.45, 7) is -0.511. The smallest absolute Gasteiger partial charge is 0.331 e. The number of sulfone groups is 1. The van der Waals surface area contributed by atoms with Gasteiger partial charge in [-0.3, -0.25) is 4.79 Å². The van der Waals surface area contributed by atoms with Gasteiger partial charge in [0, 0.05) is 22.2 Å². The highest BCUT2D eigenvalue weighted by molar-refractivity contribution is 7.94. The predicted molar refractivity (Wildman–Crippen MR) is 112 cm³/mol. The van der Waals surface area contributed by atoms with Gasteiger partial charge in [-0.1, -0.05) is 41.9 Å². The van der Waals surface area contributed by atoms with Crippen LogP contribution in [0.1, 0.15) is 5.56 Å². The molecule has 6 nitrogen and oxygen atoms in total. The Bertz CT molecular complexity index is 1050. The highest BCUT2D eigenvalue weighted by Gasteiger charge is 2.31. The average molecular weight is 432 g/mol. The summed E-state index contributed by atoms with van der Waals surface area (Å²) in [4.78, 5) is 26.0. The molecule has 2 aromatic rings. The molecule has 1 atom stereocenters. The summed E-state index contributed by atoms with van der Waals surface area (Å²) in [5, 5.41) is 1.68. The molecule has 3 rings (SSSR count). The Kier molecular flexibility index (Phi) is 6.51. The van der Waals surface area contributed by atoms with Crippen LogP contribution >= 0.6 is 11.6 Å². The van der Waals surface area contributed by atoms with Crippen LogP contribution in [-0.4, -0.2) is 38.7 Å². The second kappa shape index (κ2) is 9.07. The number of rotatable bonds is 6. The lowest BCUT2D eigenvalue weighted by atomic mass is 10.2. The Labute approximate surface area is 174 Å². The molecule has 0 fully saturated rings. The summed E-state index contributed by atoms with van der Waals surface area (Å²) >= 11 is 5.81. The second-order valence-electron chi connectivity index (χ2n) is 6.32. The van der Waals surface area contributed by atoms with Crippen molar-refractivity contribution in [3.05, 3.63) is 82.7 Å². The van der Waals surface area contributed by atoms with Crippen molar-refractivity contribution in [2.45, 2.75) is 6.04 Å². The van der Waals surface area contributed by atoms with Gasteiger partial charge in [0.25, 0.3) is 5.91 Å². The van der Waals surface area contributed by atoms with Gasteiger partial charge in [-0.15, -0.1) is 0 Å². The van der Waals surface area contributed by atoms with Crippen molar-refractivity contribution >= 4 is 45.1 Å². The van der Waals surface area contributed by atoms with E-state index in [1.165, 1.54) is 17.1 Å². The fourth-order valence-corrected chi connectivity index (χ4v) is 4.21. The van der Waals surface area contributed by atoms with Gasteiger partial charge in [0.2, 0.25) is 0 Å². The van der Waals surface area contributed by atoms with Crippen LogP contribution in [0.5, 0.6) is 0 Å². The molecule has 1 aliphatic heterocycles. The topological polar surface area (TPSA) is 80.8 Å². The molecule has 1 heterocycles. The lowest BCUT2D eigenvalue weighted by Gasteiger charge is -2.27. The summed E-state index contributed by atoms with van der Waals surface area (Å²) in [5.41, 5.74) is 1.28. The monoisotopic (exact) mass is 431 g/mol. The van der Waals surface area contributed by atoms with Crippen molar-refractivity contribution in [2.75, 3.05) is 17.3 Å². The Morgan fingerprint density at radius 3 is 2.41 bits per heavy atom. The molecule has 2 aromatic carbocycles. The summed E-state index contributed by atoms with van der Waals surface area (Å²) in [5.74, 6) is -1.41. The summed E-state index contributed by atoms with van der Waals surface area (Å²) < 4.78 is 28.6. The minimum absolute atomic E-state index is 0.210. The number of carbonyl (C=O) groups is 2. The average Bonchev–Trinajstić information content (AvgIpc) is 3.06. The Hall–Kier alpha value is -2.90. The molecule has 0 saturated heterocycles. The maximum atomic E-state index is 12.7. The van der Waals surface area contributed by atoms with Gasteiger partial charge >= 0.3 is 5.97 Å². The third-order valence-electron chi connectivity index (χ3n) is 4.17. The van der Waals surface area contributed by atoms with E-state index >= 15 is 0 Å². The SMILES string of the molecule is O=C(/C=C/c1ccc(Cl)cc1)OCC(=O)N(c1ccccc1)C1C=CS(=O)(=O)C1. The molecule has 29 heavy (non-hydrogen) atoms. The largest absolute Gasteiger partial charge is 0.452 e. The van der Waals surface area contributed by atoms with Crippen molar-refractivity contribution in [1.29, 1.82) is 0 Å². The number of carbonyl (C=O) groups excluding carboxylic acids is 2. The van der Waals surface area contributed by atoms with Crippen LogP contribution in [0.4, 0.5) is 5.69 Å². The highest BCUT2D eigenvalue weighted by Crippen LogP contribution is 2.22. The van der Waals surface area contributed by atoms with Crippen molar-refractivity contribution in [3.8, 4) is 0 Å². The van der Waals surface area contributed by atoms with Crippen LogP contribution in [0.2, 0.25) is 5.02 Å². The Morgan fingerprint density at radius 1 is 1.10 bits per heavy atom. The van der Waals surface area contributed by atoms with Gasteiger partial charge in [-0.05, 0) is 42.0 Å². The van der Waals surface area contributed by atoms with Crippen LogP contribution in [-0.2, 0) is 24.2 Å². The van der Waals surface area contributed by atoms with Crippen molar-refractivity contribution in [1.82, 2.24) is 0 Å². The standard InChI is InChI=1S/C21H18ClNO5S/c22-17-9-6-16(7-10-17)8-11-21(25)28-14-20(24)23(18-4-2-1-3-5-18)19-12-13-29(26,27)15-19/h1-13,19H,14-15H2/b11-8+. The molecule has 1 aliphatic rings. The zero-order chi connectivity index (χ0) is 20.9. The lowest BCUT2D eigenvalue weighted by molar-refractivity contribution is -0.143. The van der Waals surface area contributed by atoms with Crippen LogP contribution in [0.3, 0.4) is 0 Å². The fraction of sp³-hybridized carbons (Fsp3) is 0.143. The Morgan fingerprint density at radius 2 is 1.79 bits per heavy atom. The van der Waals surface area contributed by atoms with Crippen LogP contribution in [0.15, 0.2) is 72.2 Å². The van der Waals surface area contributed by atoms with Crippen LogP contribution in [0.25, 0.3) is 6.08 Å². The molecule has 0 saturated carbocycles. The van der Waals surface area contributed by atoms with E-state index in [-0.39, 0.29) is 5.75 Å². The zero-order valence-corrected chi connectivity index (χ0v) is 16.8. The molecule has 8 heteroatoms. The number of anilines is 1. The lowest BCUT2D eigenvalue weighted by Crippen LogP contribution is -2.43. The Balaban J connectivity index is 1.66. The van der Waals surface area contributed by atoms with E-state index < -0.39 is 34.4 Å². The number of para-hydroxylation sites is 1. The third-order valence-corrected chi connectivity index (χ3v) is 5.80. The zero-order valence-electron chi connectivity index (χ0n) is 15.3. The van der Waals surface area contributed by atoms with Gasteiger partial charge in [-0.2, -0.15) is 0 Å². The van der Waals surface area contributed by atoms with Crippen molar-refractivity contribution in [3.63, 3.8) is 0 Å². The quantitative estimate of drug-likeness (QED) is 0.518. The van der Waals surface area contributed by atoms with Gasteiger partial charge < -0.3 is 9.64 Å². The first-order chi connectivity index (χ1) is 13.8. The third kappa shape index (κ3) is 5.79. The number of hydrogen-bond donors (Lipinski definition) is 0. The van der Waals surface area contributed by atoms with Crippen LogP contribution < -0.4 is 4.90 Å². The number of benzene rings is 2. The molecule has 150 valence electrons. The fourth-order valence-electron chi connectivity index (χ4n) is 2.82. The van der Waals surface area contributed by atoms with Gasteiger partial charge in [-0.25, -0.2) is 13.2 Å². The van der Waals surface area contributed by atoms with Crippen molar-refractivity contribution in [2.24, 2.45) is 0 Å².